The molecule has 5 rings (SSSR count). The van der Waals surface area contributed by atoms with E-state index in [4.69, 9.17) is 4.74 Å². The second-order valence-corrected chi connectivity index (χ2v) is 11.5. The van der Waals surface area contributed by atoms with Crippen molar-refractivity contribution in [3.63, 3.8) is 0 Å². The fraction of sp³-hybridized carbons (Fsp3) is 0.357. The number of carbonyl (C=O) groups excluding carboxylic acids is 2. The quantitative estimate of drug-likeness (QED) is 0.319. The topological polar surface area (TPSA) is 106 Å². The van der Waals surface area contributed by atoms with Crippen LogP contribution in [0.4, 0.5) is 10.6 Å². The number of pyridine rings is 1. The van der Waals surface area contributed by atoms with E-state index in [1.165, 1.54) is 4.80 Å². The van der Waals surface area contributed by atoms with E-state index >= 15 is 0 Å². The largest absolute Gasteiger partial charge is 0.444 e. The maximum atomic E-state index is 14.2. The predicted octanol–water partition coefficient (Wildman–Crippen LogP) is 5.23. The Hall–Kier alpha value is -3.86. The molecule has 3 heterocycles. The molecule has 1 saturated heterocycles. The number of likely N-dealkylation sites (tertiary alicyclic amines) is 1. The molecule has 10 nitrogen and oxygen atoms in total. The molecule has 2 amide bonds. The Morgan fingerprint density at radius 1 is 1.10 bits per heavy atom. The van der Waals surface area contributed by atoms with Gasteiger partial charge >= 0.3 is 6.09 Å². The number of fused-ring (bicyclic) bond motifs is 1. The minimum absolute atomic E-state index is 0.201. The van der Waals surface area contributed by atoms with E-state index in [-0.39, 0.29) is 18.0 Å². The van der Waals surface area contributed by atoms with Gasteiger partial charge in [0.1, 0.15) is 11.4 Å². The van der Waals surface area contributed by atoms with Crippen LogP contribution in [0.1, 0.15) is 44.0 Å². The van der Waals surface area contributed by atoms with Gasteiger partial charge in [-0.2, -0.15) is 4.80 Å². The number of hydrogen-bond acceptors (Lipinski definition) is 7. The van der Waals surface area contributed by atoms with Crippen molar-refractivity contribution < 1.29 is 14.3 Å². The van der Waals surface area contributed by atoms with Gasteiger partial charge in [-0.1, -0.05) is 28.1 Å². The van der Waals surface area contributed by atoms with Gasteiger partial charge in [0.15, 0.2) is 0 Å². The van der Waals surface area contributed by atoms with Crippen molar-refractivity contribution in [2.75, 3.05) is 18.0 Å². The van der Waals surface area contributed by atoms with Gasteiger partial charge in [0, 0.05) is 40.3 Å². The minimum atomic E-state index is -0.607. The molecular weight excluding hydrogens is 562 g/mol. The standard InChI is InChI=1S/C28H30BrN7O3/c1-28(2,3)39-27(38)35-15-5-6-22(17-35)36(25-23-12-11-21(29)16-20(23)13-14-30-25)26(37)19-9-7-18(8-10-19)24-31-33-34(4)32-24/h7-14,16,22H,5-6,15,17H2,1-4H3/t22-/m1/s1. The number of aromatic nitrogens is 5. The van der Waals surface area contributed by atoms with E-state index in [0.29, 0.717) is 30.3 Å². The summed E-state index contributed by atoms with van der Waals surface area (Å²) in [6.07, 6.45) is 2.79. The molecule has 2 aromatic carbocycles. The molecule has 202 valence electrons. The van der Waals surface area contributed by atoms with Gasteiger partial charge in [-0.3, -0.25) is 9.69 Å². The van der Waals surface area contributed by atoms with Crippen LogP contribution < -0.4 is 4.90 Å². The molecular formula is C28H30BrN7O3. The summed E-state index contributed by atoms with van der Waals surface area (Å²) in [5.41, 5.74) is 0.644. The van der Waals surface area contributed by atoms with E-state index in [2.05, 4.69) is 36.3 Å². The monoisotopic (exact) mass is 591 g/mol. The molecule has 0 bridgehead atoms. The molecule has 11 heteroatoms. The molecule has 1 fully saturated rings. The number of nitrogens with zero attached hydrogens (tertiary/aromatic N) is 7. The molecule has 0 unspecified atom stereocenters. The molecule has 0 spiro atoms. The fourth-order valence-corrected chi connectivity index (χ4v) is 5.10. The highest BCUT2D eigenvalue weighted by molar-refractivity contribution is 9.10. The smallest absolute Gasteiger partial charge is 0.410 e. The second kappa shape index (κ2) is 10.7. The lowest BCUT2D eigenvalue weighted by atomic mass is 10.0. The molecule has 1 aliphatic heterocycles. The van der Waals surface area contributed by atoms with Gasteiger partial charge in [0.05, 0.1) is 13.1 Å². The van der Waals surface area contributed by atoms with Crippen molar-refractivity contribution in [3.05, 3.63) is 64.8 Å². The Morgan fingerprint density at radius 2 is 1.87 bits per heavy atom. The number of hydrogen-bond donors (Lipinski definition) is 0. The third-order valence-electron chi connectivity index (χ3n) is 6.46. The average molecular weight is 592 g/mol. The first-order valence-corrected chi connectivity index (χ1v) is 13.6. The first-order valence-electron chi connectivity index (χ1n) is 12.8. The van der Waals surface area contributed by atoms with Crippen LogP contribution in [0.15, 0.2) is 59.2 Å². The summed E-state index contributed by atoms with van der Waals surface area (Å²) in [5.74, 6) is 0.836. The van der Waals surface area contributed by atoms with Gasteiger partial charge in [-0.05, 0) is 80.6 Å². The van der Waals surface area contributed by atoms with Crippen molar-refractivity contribution in [3.8, 4) is 11.4 Å². The van der Waals surface area contributed by atoms with Crippen LogP contribution in [-0.4, -0.2) is 66.8 Å². The fourth-order valence-electron chi connectivity index (χ4n) is 4.72. The summed E-state index contributed by atoms with van der Waals surface area (Å²) in [6, 6.07) is 14.7. The zero-order valence-electron chi connectivity index (χ0n) is 22.3. The van der Waals surface area contributed by atoms with E-state index in [1.807, 2.05) is 57.2 Å². The summed E-state index contributed by atoms with van der Waals surface area (Å²) in [7, 11) is 1.70. The highest BCUT2D eigenvalue weighted by Gasteiger charge is 2.35. The average Bonchev–Trinajstić information content (AvgIpc) is 3.34. The molecule has 1 aliphatic rings. The number of amides is 2. The van der Waals surface area contributed by atoms with E-state index < -0.39 is 5.60 Å². The van der Waals surface area contributed by atoms with Crippen LogP contribution in [-0.2, 0) is 11.8 Å². The Labute approximate surface area is 235 Å². The molecule has 0 saturated carbocycles. The predicted molar refractivity (Wildman–Crippen MR) is 151 cm³/mol. The third-order valence-corrected chi connectivity index (χ3v) is 6.96. The maximum absolute atomic E-state index is 14.2. The Bertz CT molecular complexity index is 1510. The molecule has 39 heavy (non-hydrogen) atoms. The van der Waals surface area contributed by atoms with Crippen molar-refractivity contribution >= 4 is 44.5 Å². The van der Waals surface area contributed by atoms with E-state index in [0.717, 1.165) is 33.7 Å². The van der Waals surface area contributed by atoms with Crippen molar-refractivity contribution in [1.29, 1.82) is 0 Å². The zero-order valence-corrected chi connectivity index (χ0v) is 23.9. The lowest BCUT2D eigenvalue weighted by Crippen LogP contribution is -2.53. The number of piperidine rings is 1. The minimum Gasteiger partial charge on any atom is -0.444 e. The third kappa shape index (κ3) is 5.93. The number of aryl methyl sites for hydroxylation is 1. The van der Waals surface area contributed by atoms with Gasteiger partial charge in [-0.25, -0.2) is 9.78 Å². The highest BCUT2D eigenvalue weighted by Crippen LogP contribution is 2.32. The summed E-state index contributed by atoms with van der Waals surface area (Å²) in [4.78, 5) is 36.6. The molecule has 0 aliphatic carbocycles. The number of halogens is 1. The number of benzene rings is 2. The van der Waals surface area contributed by atoms with Gasteiger partial charge < -0.3 is 9.64 Å². The second-order valence-electron chi connectivity index (χ2n) is 10.6. The normalized spacial score (nSPS) is 15.8. The number of ether oxygens (including phenoxy) is 1. The summed E-state index contributed by atoms with van der Waals surface area (Å²) in [5, 5.41) is 14.0. The van der Waals surface area contributed by atoms with Gasteiger partial charge in [0.25, 0.3) is 5.91 Å². The Balaban J connectivity index is 1.52. The first kappa shape index (κ1) is 26.7. The first-order chi connectivity index (χ1) is 18.6. The van der Waals surface area contributed by atoms with Crippen LogP contribution in [0.25, 0.3) is 22.2 Å². The number of rotatable bonds is 4. The summed E-state index contributed by atoms with van der Waals surface area (Å²) >= 11 is 3.54. The molecule has 2 aromatic heterocycles. The van der Waals surface area contributed by atoms with E-state index in [1.54, 1.807) is 35.2 Å². The lowest BCUT2D eigenvalue weighted by molar-refractivity contribution is 0.0196. The van der Waals surface area contributed by atoms with Gasteiger partial charge in [0.2, 0.25) is 5.82 Å². The Morgan fingerprint density at radius 3 is 2.56 bits per heavy atom. The molecule has 0 radical (unpaired) electrons. The van der Waals surface area contributed by atoms with Crippen LogP contribution in [0.2, 0.25) is 0 Å². The highest BCUT2D eigenvalue weighted by atomic mass is 79.9. The van der Waals surface area contributed by atoms with Crippen molar-refractivity contribution in [2.45, 2.75) is 45.3 Å². The van der Waals surface area contributed by atoms with Crippen LogP contribution in [0.3, 0.4) is 0 Å². The summed E-state index contributed by atoms with van der Waals surface area (Å²) in [6.45, 7) is 6.46. The molecule has 0 N–H and O–H groups in total. The number of carbonyl (C=O) groups is 2. The number of tetrazole rings is 1. The number of anilines is 1. The Kier molecular flexibility index (Phi) is 7.35. The van der Waals surface area contributed by atoms with Crippen molar-refractivity contribution in [2.24, 2.45) is 7.05 Å². The molecule has 1 atom stereocenters. The SMILES string of the molecule is Cn1nnc(-c2ccc(C(=O)N(c3nccc4cc(Br)ccc34)[C@@H]3CCCN(C(=O)OC(C)(C)C)C3)cc2)n1. The lowest BCUT2D eigenvalue weighted by Gasteiger charge is -2.39. The van der Waals surface area contributed by atoms with Crippen LogP contribution >= 0.6 is 15.9 Å². The van der Waals surface area contributed by atoms with Crippen molar-refractivity contribution in [1.82, 2.24) is 30.1 Å². The zero-order chi connectivity index (χ0) is 27.7. The van der Waals surface area contributed by atoms with Gasteiger partial charge in [-0.15, -0.1) is 10.2 Å². The van der Waals surface area contributed by atoms with E-state index in [9.17, 15) is 9.59 Å². The molecule has 4 aromatic rings. The van der Waals surface area contributed by atoms with Crippen LogP contribution in [0, 0.1) is 0 Å². The summed E-state index contributed by atoms with van der Waals surface area (Å²) < 4.78 is 6.58. The van der Waals surface area contributed by atoms with Crippen LogP contribution in [0.5, 0.6) is 0 Å². The maximum Gasteiger partial charge on any atom is 0.410 e.